The summed E-state index contributed by atoms with van der Waals surface area (Å²) in [4.78, 5) is 3.88. The van der Waals surface area contributed by atoms with Crippen LogP contribution in [0, 0.1) is 0 Å². The summed E-state index contributed by atoms with van der Waals surface area (Å²) < 4.78 is 5.52. The Labute approximate surface area is 86.0 Å². The molecule has 1 aliphatic heterocycles. The minimum Gasteiger partial charge on any atom is -0.486 e. The van der Waals surface area contributed by atoms with Crippen molar-refractivity contribution in [2.24, 2.45) is 0 Å². The van der Waals surface area contributed by atoms with E-state index in [-0.39, 0.29) is 6.10 Å². The molecule has 1 aromatic heterocycles. The zero-order chi connectivity index (χ0) is 9.26. The smallest absolute Gasteiger partial charge is 0.147 e. The molecule has 1 aliphatic rings. The van der Waals surface area contributed by atoms with Gasteiger partial charge < -0.3 is 10.1 Å². The first kappa shape index (κ1) is 9.06. The highest BCUT2D eigenvalue weighted by molar-refractivity contribution is 6.41. The van der Waals surface area contributed by atoms with Crippen molar-refractivity contribution >= 4 is 23.2 Å². The second-order valence-corrected chi connectivity index (χ2v) is 3.61. The van der Waals surface area contributed by atoms with Crippen molar-refractivity contribution in [2.75, 3.05) is 13.1 Å². The number of halogens is 2. The number of rotatable bonds is 2. The van der Waals surface area contributed by atoms with Crippen LogP contribution >= 0.6 is 23.2 Å². The predicted molar refractivity (Wildman–Crippen MR) is 51.5 cm³/mol. The summed E-state index contributed by atoms with van der Waals surface area (Å²) in [6.07, 6.45) is 1.81. The van der Waals surface area contributed by atoms with Gasteiger partial charge in [0, 0.05) is 19.2 Å². The van der Waals surface area contributed by atoms with Crippen molar-refractivity contribution in [3.63, 3.8) is 0 Å². The fourth-order valence-corrected chi connectivity index (χ4v) is 1.27. The third-order valence-electron chi connectivity index (χ3n) is 1.82. The van der Waals surface area contributed by atoms with Crippen LogP contribution in [-0.2, 0) is 0 Å². The third-order valence-corrected chi connectivity index (χ3v) is 2.50. The van der Waals surface area contributed by atoms with Gasteiger partial charge >= 0.3 is 0 Å². The van der Waals surface area contributed by atoms with E-state index in [0.29, 0.717) is 15.9 Å². The number of hydrogen-bond donors (Lipinski definition) is 1. The molecule has 2 heterocycles. The van der Waals surface area contributed by atoms with E-state index < -0.39 is 0 Å². The lowest BCUT2D eigenvalue weighted by molar-refractivity contribution is 0.142. The summed E-state index contributed by atoms with van der Waals surface area (Å²) in [6, 6.07) is 1.68. The Kier molecular flexibility index (Phi) is 2.58. The highest BCUT2D eigenvalue weighted by Crippen LogP contribution is 2.24. The van der Waals surface area contributed by atoms with Crippen LogP contribution in [0.25, 0.3) is 0 Å². The highest BCUT2D eigenvalue weighted by Gasteiger charge is 2.18. The quantitative estimate of drug-likeness (QED) is 0.769. The minimum atomic E-state index is 0.235. The van der Waals surface area contributed by atoms with Crippen LogP contribution in [0.4, 0.5) is 0 Å². The van der Waals surface area contributed by atoms with Gasteiger partial charge in [-0.25, -0.2) is 4.98 Å². The van der Waals surface area contributed by atoms with Crippen molar-refractivity contribution in [1.29, 1.82) is 0 Å². The molecule has 1 N–H and O–H groups in total. The summed E-state index contributed by atoms with van der Waals surface area (Å²) in [5.74, 6) is 0.668. The van der Waals surface area contributed by atoms with Crippen molar-refractivity contribution in [3.8, 4) is 5.75 Å². The van der Waals surface area contributed by atoms with Crippen LogP contribution in [-0.4, -0.2) is 24.2 Å². The van der Waals surface area contributed by atoms with Gasteiger partial charge in [0.15, 0.2) is 0 Å². The van der Waals surface area contributed by atoms with Crippen LogP contribution in [0.2, 0.25) is 10.2 Å². The fourth-order valence-electron chi connectivity index (χ4n) is 1.01. The van der Waals surface area contributed by atoms with Crippen molar-refractivity contribution < 1.29 is 4.74 Å². The van der Waals surface area contributed by atoms with E-state index in [1.165, 1.54) is 0 Å². The molecule has 0 unspecified atom stereocenters. The molecule has 0 amide bonds. The lowest BCUT2D eigenvalue weighted by Gasteiger charge is -2.27. The molecule has 0 spiro atoms. The van der Waals surface area contributed by atoms with E-state index in [0.717, 1.165) is 13.1 Å². The standard InChI is InChI=1S/C8H8Cl2N2O/c9-7-1-5(4-12-8(7)10)13-6-2-11-3-6/h1,4,6,11H,2-3H2. The number of aromatic nitrogens is 1. The van der Waals surface area contributed by atoms with Crippen LogP contribution in [0.15, 0.2) is 12.3 Å². The second-order valence-electron chi connectivity index (χ2n) is 2.84. The molecule has 0 atom stereocenters. The topological polar surface area (TPSA) is 34.1 Å². The van der Waals surface area contributed by atoms with E-state index >= 15 is 0 Å². The largest absolute Gasteiger partial charge is 0.486 e. The number of nitrogens with zero attached hydrogens (tertiary/aromatic N) is 1. The van der Waals surface area contributed by atoms with E-state index in [4.69, 9.17) is 27.9 Å². The van der Waals surface area contributed by atoms with Gasteiger partial charge in [0.1, 0.15) is 17.0 Å². The molecule has 0 aliphatic carbocycles. The molecule has 3 nitrogen and oxygen atoms in total. The third kappa shape index (κ3) is 2.05. The SMILES string of the molecule is Clc1cc(OC2CNC2)cnc1Cl. The van der Waals surface area contributed by atoms with Crippen LogP contribution in [0.3, 0.4) is 0 Å². The van der Waals surface area contributed by atoms with Gasteiger partial charge in [-0.15, -0.1) is 0 Å². The summed E-state index contributed by atoms with van der Waals surface area (Å²) in [7, 11) is 0. The van der Waals surface area contributed by atoms with E-state index in [1.54, 1.807) is 12.3 Å². The minimum absolute atomic E-state index is 0.235. The first-order valence-electron chi connectivity index (χ1n) is 3.94. The Morgan fingerprint density at radius 3 is 2.77 bits per heavy atom. The molecule has 1 aromatic rings. The number of hydrogen-bond acceptors (Lipinski definition) is 3. The zero-order valence-electron chi connectivity index (χ0n) is 6.76. The first-order valence-corrected chi connectivity index (χ1v) is 4.70. The molecule has 1 saturated heterocycles. The van der Waals surface area contributed by atoms with Gasteiger partial charge in [0.2, 0.25) is 0 Å². The Bertz CT molecular complexity index is 315. The van der Waals surface area contributed by atoms with Gasteiger partial charge in [-0.1, -0.05) is 23.2 Å². The summed E-state index contributed by atoms with van der Waals surface area (Å²) in [6.45, 7) is 1.75. The predicted octanol–water partition coefficient (Wildman–Crippen LogP) is 1.74. The summed E-state index contributed by atoms with van der Waals surface area (Å²) >= 11 is 11.4. The Morgan fingerprint density at radius 1 is 1.46 bits per heavy atom. The molecule has 1 fully saturated rings. The lowest BCUT2D eigenvalue weighted by atomic mass is 10.2. The van der Waals surface area contributed by atoms with E-state index in [1.807, 2.05) is 0 Å². The van der Waals surface area contributed by atoms with Crippen molar-refractivity contribution in [3.05, 3.63) is 22.4 Å². The van der Waals surface area contributed by atoms with Crippen molar-refractivity contribution in [1.82, 2.24) is 10.3 Å². The molecular weight excluding hydrogens is 211 g/mol. The molecule has 13 heavy (non-hydrogen) atoms. The van der Waals surface area contributed by atoms with Gasteiger partial charge in [0.25, 0.3) is 0 Å². The van der Waals surface area contributed by atoms with E-state index in [9.17, 15) is 0 Å². The fraction of sp³-hybridized carbons (Fsp3) is 0.375. The average molecular weight is 219 g/mol. The monoisotopic (exact) mass is 218 g/mol. The zero-order valence-corrected chi connectivity index (χ0v) is 8.27. The van der Waals surface area contributed by atoms with Crippen molar-refractivity contribution in [2.45, 2.75) is 6.10 Å². The molecule has 5 heteroatoms. The summed E-state index contributed by atoms with van der Waals surface area (Å²) in [5.41, 5.74) is 0. The molecule has 70 valence electrons. The lowest BCUT2D eigenvalue weighted by Crippen LogP contribution is -2.50. The molecule has 0 bridgehead atoms. The Hall–Kier alpha value is -0.510. The highest BCUT2D eigenvalue weighted by atomic mass is 35.5. The Morgan fingerprint density at radius 2 is 2.23 bits per heavy atom. The first-order chi connectivity index (χ1) is 6.25. The van der Waals surface area contributed by atoms with Gasteiger partial charge in [0.05, 0.1) is 11.2 Å². The van der Waals surface area contributed by atoms with E-state index in [2.05, 4.69) is 10.3 Å². The molecule has 0 radical (unpaired) electrons. The molecule has 0 aromatic carbocycles. The van der Waals surface area contributed by atoms with Gasteiger partial charge in [-0.2, -0.15) is 0 Å². The van der Waals surface area contributed by atoms with Crippen LogP contribution < -0.4 is 10.1 Å². The van der Waals surface area contributed by atoms with Crippen LogP contribution in [0.1, 0.15) is 0 Å². The number of pyridine rings is 1. The maximum absolute atomic E-state index is 5.77. The van der Waals surface area contributed by atoms with Gasteiger partial charge in [-0.3, -0.25) is 0 Å². The Balaban J connectivity index is 2.07. The second kappa shape index (κ2) is 3.70. The maximum Gasteiger partial charge on any atom is 0.147 e. The van der Waals surface area contributed by atoms with Crippen LogP contribution in [0.5, 0.6) is 5.75 Å². The molecule has 2 rings (SSSR count). The average Bonchev–Trinajstić information content (AvgIpc) is 2.04. The maximum atomic E-state index is 5.77. The number of nitrogens with one attached hydrogen (secondary N) is 1. The molecule has 0 saturated carbocycles. The molecular formula is C8H8Cl2N2O. The normalized spacial score (nSPS) is 16.8. The van der Waals surface area contributed by atoms with Gasteiger partial charge in [-0.05, 0) is 0 Å². The summed E-state index contributed by atoms with van der Waals surface area (Å²) in [5, 5.41) is 3.83. The number of ether oxygens (including phenoxy) is 1.